The van der Waals surface area contributed by atoms with Gasteiger partial charge in [0.15, 0.2) is 0 Å². The molecule has 3 nitrogen and oxygen atoms in total. The van der Waals surface area contributed by atoms with Crippen molar-refractivity contribution in [2.45, 2.75) is 18.1 Å². The SMILES string of the molecule is CC(O)(CNc1ccccc1)COC(c1ccccc1)(c1ccccc1)c1ccccc1. The number of ether oxygens (including phenoxy) is 1. The van der Waals surface area contributed by atoms with Crippen LogP contribution in [0.5, 0.6) is 0 Å². The minimum absolute atomic E-state index is 0.144. The summed E-state index contributed by atoms with van der Waals surface area (Å²) in [7, 11) is 0. The number of para-hydroxylation sites is 1. The predicted molar refractivity (Wildman–Crippen MR) is 131 cm³/mol. The molecule has 4 rings (SSSR count). The lowest BCUT2D eigenvalue weighted by molar-refractivity contribution is -0.0772. The van der Waals surface area contributed by atoms with Crippen LogP contribution in [0.3, 0.4) is 0 Å². The summed E-state index contributed by atoms with van der Waals surface area (Å²) in [4.78, 5) is 0. The van der Waals surface area contributed by atoms with E-state index >= 15 is 0 Å². The maximum atomic E-state index is 11.2. The molecule has 0 amide bonds. The van der Waals surface area contributed by atoms with Crippen molar-refractivity contribution >= 4 is 5.69 Å². The summed E-state index contributed by atoms with van der Waals surface area (Å²) < 4.78 is 6.75. The summed E-state index contributed by atoms with van der Waals surface area (Å²) in [6, 6.07) is 40.5. The Hall–Kier alpha value is -3.40. The van der Waals surface area contributed by atoms with Gasteiger partial charge in [0.1, 0.15) is 11.2 Å². The third-order valence-electron chi connectivity index (χ3n) is 5.59. The highest BCUT2D eigenvalue weighted by atomic mass is 16.5. The molecule has 0 aromatic heterocycles. The largest absolute Gasteiger partial charge is 0.386 e. The van der Waals surface area contributed by atoms with E-state index < -0.39 is 11.2 Å². The molecule has 0 aliphatic heterocycles. The fourth-order valence-electron chi connectivity index (χ4n) is 3.93. The van der Waals surface area contributed by atoms with Crippen LogP contribution in [0.1, 0.15) is 23.6 Å². The van der Waals surface area contributed by atoms with E-state index in [1.807, 2.05) is 84.9 Å². The Morgan fingerprint density at radius 1 is 0.625 bits per heavy atom. The van der Waals surface area contributed by atoms with Crippen LogP contribution in [-0.2, 0) is 10.3 Å². The number of anilines is 1. The fourth-order valence-corrected chi connectivity index (χ4v) is 3.93. The second kappa shape index (κ2) is 9.82. The van der Waals surface area contributed by atoms with Crippen LogP contribution in [-0.4, -0.2) is 23.9 Å². The van der Waals surface area contributed by atoms with Gasteiger partial charge in [-0.3, -0.25) is 0 Å². The third kappa shape index (κ3) is 4.91. The molecule has 0 spiro atoms. The van der Waals surface area contributed by atoms with Crippen LogP contribution in [0.2, 0.25) is 0 Å². The molecule has 0 fully saturated rings. The fraction of sp³-hybridized carbons (Fsp3) is 0.172. The van der Waals surface area contributed by atoms with Gasteiger partial charge in [-0.2, -0.15) is 0 Å². The molecule has 4 aromatic rings. The molecule has 1 unspecified atom stereocenters. The van der Waals surface area contributed by atoms with Crippen molar-refractivity contribution in [2.75, 3.05) is 18.5 Å². The van der Waals surface area contributed by atoms with Gasteiger partial charge in [0.05, 0.1) is 6.61 Å². The summed E-state index contributed by atoms with van der Waals surface area (Å²) >= 11 is 0. The molecule has 1 atom stereocenters. The zero-order chi connectivity index (χ0) is 22.3. The minimum Gasteiger partial charge on any atom is -0.386 e. The van der Waals surface area contributed by atoms with Crippen LogP contribution in [0.15, 0.2) is 121 Å². The molecule has 0 saturated carbocycles. The lowest BCUT2D eigenvalue weighted by Gasteiger charge is -2.38. The molecular formula is C29H29NO2. The average molecular weight is 424 g/mol. The minimum atomic E-state index is -1.08. The molecule has 32 heavy (non-hydrogen) atoms. The van der Waals surface area contributed by atoms with Gasteiger partial charge in [-0.05, 0) is 35.7 Å². The molecule has 2 N–H and O–H groups in total. The highest BCUT2D eigenvalue weighted by molar-refractivity contribution is 5.47. The van der Waals surface area contributed by atoms with Crippen LogP contribution >= 0.6 is 0 Å². The quantitative estimate of drug-likeness (QED) is 0.331. The molecule has 3 heteroatoms. The first-order chi connectivity index (χ1) is 15.6. The van der Waals surface area contributed by atoms with Crippen LogP contribution in [0.4, 0.5) is 5.69 Å². The van der Waals surface area contributed by atoms with Crippen molar-refractivity contribution in [1.29, 1.82) is 0 Å². The Balaban J connectivity index is 1.69. The van der Waals surface area contributed by atoms with Crippen molar-refractivity contribution < 1.29 is 9.84 Å². The number of benzene rings is 4. The van der Waals surface area contributed by atoms with E-state index in [1.165, 1.54) is 0 Å². The molecule has 0 heterocycles. The number of aliphatic hydroxyl groups is 1. The summed E-state index contributed by atoms with van der Waals surface area (Å²) in [6.45, 7) is 2.31. The van der Waals surface area contributed by atoms with Gasteiger partial charge in [-0.1, -0.05) is 109 Å². The lowest BCUT2D eigenvalue weighted by atomic mass is 9.80. The number of hydrogen-bond acceptors (Lipinski definition) is 3. The van der Waals surface area contributed by atoms with Crippen molar-refractivity contribution in [3.8, 4) is 0 Å². The highest BCUT2D eigenvalue weighted by Crippen LogP contribution is 2.40. The number of rotatable bonds is 9. The molecule has 0 aliphatic rings. The monoisotopic (exact) mass is 423 g/mol. The Kier molecular flexibility index (Phi) is 6.69. The molecule has 162 valence electrons. The van der Waals surface area contributed by atoms with Crippen LogP contribution < -0.4 is 5.32 Å². The molecule has 0 radical (unpaired) electrons. The Morgan fingerprint density at radius 2 is 1.00 bits per heavy atom. The van der Waals surface area contributed by atoms with E-state index in [1.54, 1.807) is 6.92 Å². The van der Waals surface area contributed by atoms with Crippen molar-refractivity contribution in [1.82, 2.24) is 0 Å². The topological polar surface area (TPSA) is 41.5 Å². The highest BCUT2D eigenvalue weighted by Gasteiger charge is 2.39. The Bertz CT molecular complexity index is 984. The molecule has 0 saturated heterocycles. The summed E-state index contributed by atoms with van der Waals surface area (Å²) in [6.07, 6.45) is 0. The summed E-state index contributed by atoms with van der Waals surface area (Å²) in [5.41, 5.74) is 2.09. The number of hydrogen-bond donors (Lipinski definition) is 2. The lowest BCUT2D eigenvalue weighted by Crippen LogP contribution is -2.43. The molecular weight excluding hydrogens is 394 g/mol. The van der Waals surface area contributed by atoms with Gasteiger partial charge in [-0.25, -0.2) is 0 Å². The van der Waals surface area contributed by atoms with Crippen molar-refractivity contribution in [3.63, 3.8) is 0 Å². The van der Waals surface area contributed by atoms with Gasteiger partial charge in [0.2, 0.25) is 0 Å². The normalized spacial score (nSPS) is 13.3. The predicted octanol–water partition coefficient (Wildman–Crippen LogP) is 5.86. The number of nitrogens with one attached hydrogen (secondary N) is 1. The van der Waals surface area contributed by atoms with Gasteiger partial charge in [-0.15, -0.1) is 0 Å². The van der Waals surface area contributed by atoms with E-state index in [0.717, 1.165) is 22.4 Å². The molecule has 4 aromatic carbocycles. The van der Waals surface area contributed by atoms with Crippen LogP contribution in [0, 0.1) is 0 Å². The van der Waals surface area contributed by atoms with Crippen LogP contribution in [0.25, 0.3) is 0 Å². The average Bonchev–Trinajstić information content (AvgIpc) is 2.86. The summed E-state index contributed by atoms with van der Waals surface area (Å²) in [5.74, 6) is 0. The maximum Gasteiger partial charge on any atom is 0.143 e. The van der Waals surface area contributed by atoms with E-state index in [2.05, 4.69) is 41.7 Å². The first-order valence-corrected chi connectivity index (χ1v) is 10.9. The molecule has 0 aliphatic carbocycles. The molecule has 0 bridgehead atoms. The first-order valence-electron chi connectivity index (χ1n) is 10.9. The smallest absolute Gasteiger partial charge is 0.143 e. The Morgan fingerprint density at radius 3 is 1.41 bits per heavy atom. The summed E-state index contributed by atoms with van der Waals surface area (Å²) in [5, 5.41) is 14.5. The zero-order valence-corrected chi connectivity index (χ0v) is 18.3. The van der Waals surface area contributed by atoms with E-state index in [4.69, 9.17) is 4.74 Å². The van der Waals surface area contributed by atoms with Gasteiger partial charge in [0, 0.05) is 12.2 Å². The maximum absolute atomic E-state index is 11.2. The van der Waals surface area contributed by atoms with Gasteiger partial charge < -0.3 is 15.2 Å². The zero-order valence-electron chi connectivity index (χ0n) is 18.3. The standard InChI is InChI=1S/C29H29NO2/c1-28(31,22-30-27-20-12-5-13-21-27)23-32-29(24-14-6-2-7-15-24,25-16-8-3-9-17-25)26-18-10-4-11-19-26/h2-21,30-31H,22-23H2,1H3. The van der Waals surface area contributed by atoms with E-state index in [9.17, 15) is 5.11 Å². The Labute approximate surface area is 190 Å². The van der Waals surface area contributed by atoms with Gasteiger partial charge >= 0.3 is 0 Å². The van der Waals surface area contributed by atoms with Crippen molar-refractivity contribution in [2.24, 2.45) is 0 Å². The second-order valence-electron chi connectivity index (χ2n) is 8.28. The third-order valence-corrected chi connectivity index (χ3v) is 5.59. The van der Waals surface area contributed by atoms with E-state index in [-0.39, 0.29) is 6.61 Å². The first kappa shape index (κ1) is 21.8. The van der Waals surface area contributed by atoms with Gasteiger partial charge in [0.25, 0.3) is 0 Å². The van der Waals surface area contributed by atoms with Crippen molar-refractivity contribution in [3.05, 3.63) is 138 Å². The second-order valence-corrected chi connectivity index (χ2v) is 8.28. The van der Waals surface area contributed by atoms with E-state index in [0.29, 0.717) is 6.54 Å².